The first kappa shape index (κ1) is 18.4. The van der Waals surface area contributed by atoms with Crippen LogP contribution < -0.4 is 5.56 Å². The number of rotatable bonds is 5. The largest absolute Gasteiger partial charge is 0.330 e. The molecule has 142 valence electrons. The fourth-order valence-corrected chi connectivity index (χ4v) is 3.25. The number of aromatic nitrogens is 4. The second-order valence-electron chi connectivity index (χ2n) is 6.84. The van der Waals surface area contributed by atoms with E-state index in [9.17, 15) is 4.79 Å². The van der Waals surface area contributed by atoms with Crippen molar-refractivity contribution >= 4 is 0 Å². The van der Waals surface area contributed by atoms with Gasteiger partial charge in [-0.1, -0.05) is 18.2 Å². The summed E-state index contributed by atoms with van der Waals surface area (Å²) < 4.78 is 3.59. The van der Waals surface area contributed by atoms with Crippen molar-refractivity contribution in [2.75, 3.05) is 0 Å². The molecule has 3 aromatic heterocycles. The third kappa shape index (κ3) is 3.99. The zero-order chi connectivity index (χ0) is 20.2. The van der Waals surface area contributed by atoms with Crippen LogP contribution in [0.3, 0.4) is 0 Å². The van der Waals surface area contributed by atoms with Gasteiger partial charge >= 0.3 is 0 Å². The van der Waals surface area contributed by atoms with E-state index in [2.05, 4.69) is 16.0 Å². The summed E-state index contributed by atoms with van der Waals surface area (Å²) in [5.74, 6) is 1.55. The van der Waals surface area contributed by atoms with Crippen LogP contribution >= 0.6 is 0 Å². The smallest absolute Gasteiger partial charge is 0.256 e. The highest BCUT2D eigenvalue weighted by molar-refractivity contribution is 5.34. The fourth-order valence-electron chi connectivity index (χ4n) is 3.25. The van der Waals surface area contributed by atoms with Crippen molar-refractivity contribution in [2.45, 2.75) is 19.9 Å². The summed E-state index contributed by atoms with van der Waals surface area (Å²) in [5, 5.41) is 8.93. The lowest BCUT2D eigenvalue weighted by Gasteiger charge is -2.11. The quantitative estimate of drug-likeness (QED) is 0.532. The average Bonchev–Trinajstić information content (AvgIpc) is 3.16. The van der Waals surface area contributed by atoms with Crippen LogP contribution in [-0.2, 0) is 13.0 Å². The number of benzene rings is 1. The molecule has 3 heterocycles. The van der Waals surface area contributed by atoms with Crippen molar-refractivity contribution in [3.63, 3.8) is 0 Å². The first-order chi connectivity index (χ1) is 14.1. The van der Waals surface area contributed by atoms with Gasteiger partial charge in [0.25, 0.3) is 5.56 Å². The molecule has 0 saturated carbocycles. The maximum absolute atomic E-state index is 12.6. The fraction of sp³-hybridized carbons (Fsp3) is 0.130. The van der Waals surface area contributed by atoms with Crippen LogP contribution in [0.2, 0.25) is 0 Å². The summed E-state index contributed by atoms with van der Waals surface area (Å²) in [7, 11) is 0. The van der Waals surface area contributed by atoms with Gasteiger partial charge < -0.3 is 4.57 Å². The van der Waals surface area contributed by atoms with Gasteiger partial charge in [0.15, 0.2) is 0 Å². The van der Waals surface area contributed by atoms with E-state index in [-0.39, 0.29) is 5.56 Å². The van der Waals surface area contributed by atoms with E-state index < -0.39 is 0 Å². The number of imidazole rings is 1. The molecule has 1 aromatic carbocycles. The van der Waals surface area contributed by atoms with Crippen LogP contribution in [0, 0.1) is 18.3 Å². The molecule has 4 aromatic rings. The van der Waals surface area contributed by atoms with E-state index in [1.165, 1.54) is 0 Å². The van der Waals surface area contributed by atoms with Crippen molar-refractivity contribution in [1.29, 1.82) is 5.26 Å². The van der Waals surface area contributed by atoms with Crippen molar-refractivity contribution in [2.24, 2.45) is 0 Å². The molecule has 0 aliphatic heterocycles. The third-order valence-corrected chi connectivity index (χ3v) is 4.79. The van der Waals surface area contributed by atoms with Crippen molar-refractivity contribution in [3.05, 3.63) is 112 Å². The number of nitriles is 1. The summed E-state index contributed by atoms with van der Waals surface area (Å²) >= 11 is 0. The molecule has 0 amide bonds. The standard InChI is InChI=1S/C23H19N5O/c1-17-3-2-9-26-23(17)28-11-8-20(14-22(28)29)16-27-12-10-25-21(27)13-18-4-6-19(15-24)7-5-18/h2-12,14H,13,16H2,1H3. The maximum atomic E-state index is 12.6. The topological polar surface area (TPSA) is 76.5 Å². The summed E-state index contributed by atoms with van der Waals surface area (Å²) in [6.45, 7) is 2.49. The number of hydrogen-bond acceptors (Lipinski definition) is 4. The summed E-state index contributed by atoms with van der Waals surface area (Å²) in [6, 6.07) is 17.0. The molecule has 29 heavy (non-hydrogen) atoms. The SMILES string of the molecule is Cc1cccnc1-n1ccc(Cn2ccnc2Cc2ccc(C#N)cc2)cc1=O. The Morgan fingerprint density at radius 1 is 1.00 bits per heavy atom. The molecule has 0 atom stereocenters. The minimum absolute atomic E-state index is 0.113. The van der Waals surface area contributed by atoms with Gasteiger partial charge in [-0.15, -0.1) is 0 Å². The molecule has 0 saturated heterocycles. The first-order valence-electron chi connectivity index (χ1n) is 9.26. The molecule has 0 radical (unpaired) electrons. The van der Waals surface area contributed by atoms with Crippen molar-refractivity contribution in [3.8, 4) is 11.9 Å². The Balaban J connectivity index is 1.55. The highest BCUT2D eigenvalue weighted by Gasteiger charge is 2.08. The molecular weight excluding hydrogens is 362 g/mol. The lowest BCUT2D eigenvalue weighted by Crippen LogP contribution is -2.20. The van der Waals surface area contributed by atoms with Gasteiger partial charge in [-0.25, -0.2) is 9.97 Å². The average molecular weight is 381 g/mol. The Labute approximate surface area is 168 Å². The van der Waals surface area contributed by atoms with Crippen LogP contribution in [0.1, 0.15) is 28.1 Å². The Kier molecular flexibility index (Phi) is 5.04. The minimum atomic E-state index is -0.113. The molecule has 0 spiro atoms. The molecule has 0 aliphatic rings. The highest BCUT2D eigenvalue weighted by Crippen LogP contribution is 2.12. The Bertz CT molecular complexity index is 1250. The number of aryl methyl sites for hydroxylation is 1. The molecule has 0 aliphatic carbocycles. The molecule has 6 nitrogen and oxygen atoms in total. The van der Waals surface area contributed by atoms with Crippen molar-refractivity contribution < 1.29 is 0 Å². The second-order valence-corrected chi connectivity index (χ2v) is 6.84. The normalized spacial score (nSPS) is 10.6. The van der Waals surface area contributed by atoms with Crippen molar-refractivity contribution in [1.82, 2.24) is 19.1 Å². The van der Waals surface area contributed by atoms with E-state index in [1.807, 2.05) is 60.2 Å². The Morgan fingerprint density at radius 2 is 1.83 bits per heavy atom. The van der Waals surface area contributed by atoms with Gasteiger partial charge in [-0.05, 0) is 47.9 Å². The van der Waals surface area contributed by atoms with Gasteiger partial charge in [-0.2, -0.15) is 5.26 Å². The monoisotopic (exact) mass is 381 g/mol. The van der Waals surface area contributed by atoms with E-state index in [1.54, 1.807) is 29.2 Å². The lowest BCUT2D eigenvalue weighted by atomic mass is 10.1. The maximum Gasteiger partial charge on any atom is 0.256 e. The number of hydrogen-bond donors (Lipinski definition) is 0. The van der Waals surface area contributed by atoms with Crippen LogP contribution in [0.25, 0.3) is 5.82 Å². The summed E-state index contributed by atoms with van der Waals surface area (Å²) in [5.41, 5.74) is 3.46. The van der Waals surface area contributed by atoms with E-state index >= 15 is 0 Å². The van der Waals surface area contributed by atoms with Crippen LogP contribution in [-0.4, -0.2) is 19.1 Å². The number of nitrogens with zero attached hydrogens (tertiary/aromatic N) is 5. The third-order valence-electron chi connectivity index (χ3n) is 4.79. The molecule has 0 bridgehead atoms. The zero-order valence-corrected chi connectivity index (χ0v) is 16.0. The molecule has 0 fully saturated rings. The molecule has 0 N–H and O–H groups in total. The predicted molar refractivity (Wildman–Crippen MR) is 110 cm³/mol. The first-order valence-corrected chi connectivity index (χ1v) is 9.26. The minimum Gasteiger partial charge on any atom is -0.330 e. The molecule has 4 rings (SSSR count). The molecule has 0 unspecified atom stereocenters. The zero-order valence-electron chi connectivity index (χ0n) is 16.0. The number of pyridine rings is 2. The predicted octanol–water partition coefficient (Wildman–Crippen LogP) is 3.25. The van der Waals surface area contributed by atoms with Gasteiger partial charge in [0.05, 0.1) is 11.6 Å². The highest BCUT2D eigenvalue weighted by atomic mass is 16.1. The summed E-state index contributed by atoms with van der Waals surface area (Å²) in [6.07, 6.45) is 7.78. The summed E-state index contributed by atoms with van der Waals surface area (Å²) in [4.78, 5) is 21.4. The molecule has 6 heteroatoms. The second kappa shape index (κ2) is 7.95. The van der Waals surface area contributed by atoms with Crippen LogP contribution in [0.5, 0.6) is 0 Å². The Hall–Kier alpha value is -3.98. The van der Waals surface area contributed by atoms with E-state index in [0.29, 0.717) is 24.3 Å². The van der Waals surface area contributed by atoms with Gasteiger partial charge in [0, 0.05) is 43.8 Å². The van der Waals surface area contributed by atoms with Gasteiger partial charge in [0.2, 0.25) is 0 Å². The van der Waals surface area contributed by atoms with Gasteiger partial charge in [-0.3, -0.25) is 9.36 Å². The van der Waals surface area contributed by atoms with E-state index in [0.717, 1.165) is 22.5 Å². The van der Waals surface area contributed by atoms with Crippen LogP contribution in [0.4, 0.5) is 0 Å². The van der Waals surface area contributed by atoms with Gasteiger partial charge in [0.1, 0.15) is 11.6 Å². The Morgan fingerprint density at radius 3 is 2.55 bits per heavy atom. The molecular formula is C23H19N5O. The lowest BCUT2D eigenvalue weighted by molar-refractivity contribution is 0.736. The van der Waals surface area contributed by atoms with Crippen LogP contribution in [0.15, 0.2) is 78.1 Å². The van der Waals surface area contributed by atoms with E-state index in [4.69, 9.17) is 5.26 Å².